The number of nitrogens with zero attached hydrogens (tertiary/aromatic N) is 1. The zero-order valence-electron chi connectivity index (χ0n) is 9.34. The van der Waals surface area contributed by atoms with Crippen molar-refractivity contribution in [1.82, 2.24) is 10.2 Å². The molecule has 1 aliphatic heterocycles. The number of amides is 2. The van der Waals surface area contributed by atoms with Gasteiger partial charge in [-0.1, -0.05) is 0 Å². The fraction of sp³-hybridized carbons (Fsp3) is 0.667. The van der Waals surface area contributed by atoms with Crippen LogP contribution in [-0.2, 0) is 14.3 Å². The van der Waals surface area contributed by atoms with E-state index in [0.29, 0.717) is 18.1 Å². The van der Waals surface area contributed by atoms with Gasteiger partial charge in [0.2, 0.25) is 0 Å². The lowest BCUT2D eigenvalue weighted by atomic mass is 10.3. The van der Waals surface area contributed by atoms with Crippen LogP contribution in [0.2, 0.25) is 0 Å². The molecule has 1 rings (SSSR count). The number of hydrogen-bond acceptors (Lipinski definition) is 5. The average Bonchev–Trinajstić information content (AvgIpc) is 2.35. The van der Waals surface area contributed by atoms with Gasteiger partial charge in [-0.05, 0) is 0 Å². The lowest BCUT2D eigenvalue weighted by molar-refractivity contribution is -0.141. The van der Waals surface area contributed by atoms with Crippen LogP contribution in [0.25, 0.3) is 0 Å². The van der Waals surface area contributed by atoms with Gasteiger partial charge >= 0.3 is 18.0 Å². The van der Waals surface area contributed by atoms with E-state index in [9.17, 15) is 14.4 Å². The van der Waals surface area contributed by atoms with Crippen molar-refractivity contribution >= 4 is 29.7 Å². The second-order valence-electron chi connectivity index (χ2n) is 3.36. The van der Waals surface area contributed by atoms with Crippen molar-refractivity contribution in [3.63, 3.8) is 0 Å². The van der Waals surface area contributed by atoms with Crippen molar-refractivity contribution in [2.45, 2.75) is 6.04 Å². The molecule has 1 fully saturated rings. The van der Waals surface area contributed by atoms with E-state index in [1.807, 2.05) is 0 Å². The number of carboxylic acids is 1. The quantitative estimate of drug-likeness (QED) is 0.657. The summed E-state index contributed by atoms with van der Waals surface area (Å²) in [6.45, 7) is 0.0972. The lowest BCUT2D eigenvalue weighted by Crippen LogP contribution is -2.54. The van der Waals surface area contributed by atoms with E-state index in [2.05, 4.69) is 10.1 Å². The number of methoxy groups -OCH3 is 1. The average molecular weight is 262 g/mol. The molecule has 96 valence electrons. The van der Waals surface area contributed by atoms with Crippen LogP contribution < -0.4 is 5.32 Å². The summed E-state index contributed by atoms with van der Waals surface area (Å²) in [7, 11) is 1.21. The van der Waals surface area contributed by atoms with Crippen LogP contribution in [0.4, 0.5) is 4.79 Å². The standard InChI is InChI=1S/C9H14N2O5S/c1-16-7(12)4-10-9(15)11-2-3-17-5-6(11)8(13)14/h6H,2-5H2,1H3,(H,10,15)(H,13,14). The topological polar surface area (TPSA) is 95.9 Å². The molecule has 0 aromatic carbocycles. The Labute approximate surface area is 102 Å². The van der Waals surface area contributed by atoms with Crippen LogP contribution in [-0.4, -0.2) is 65.7 Å². The van der Waals surface area contributed by atoms with Gasteiger partial charge in [-0.15, -0.1) is 0 Å². The number of thioether (sulfide) groups is 1. The molecule has 0 saturated carbocycles. The first-order valence-electron chi connectivity index (χ1n) is 4.98. The summed E-state index contributed by atoms with van der Waals surface area (Å²) in [6.07, 6.45) is 0. The number of rotatable bonds is 3. The monoisotopic (exact) mass is 262 g/mol. The minimum absolute atomic E-state index is 0.259. The van der Waals surface area contributed by atoms with Gasteiger partial charge in [-0.25, -0.2) is 9.59 Å². The Bertz CT molecular complexity index is 323. The fourth-order valence-electron chi connectivity index (χ4n) is 1.37. The zero-order valence-corrected chi connectivity index (χ0v) is 10.2. The van der Waals surface area contributed by atoms with Crippen LogP contribution in [0.15, 0.2) is 0 Å². The molecule has 0 aromatic heterocycles. The maximum Gasteiger partial charge on any atom is 0.327 e. The smallest absolute Gasteiger partial charge is 0.327 e. The molecule has 1 aliphatic rings. The van der Waals surface area contributed by atoms with E-state index in [1.54, 1.807) is 0 Å². The summed E-state index contributed by atoms with van der Waals surface area (Å²) in [5.41, 5.74) is 0. The minimum Gasteiger partial charge on any atom is -0.480 e. The number of esters is 1. The summed E-state index contributed by atoms with van der Waals surface area (Å²) in [5.74, 6) is -0.557. The highest BCUT2D eigenvalue weighted by Crippen LogP contribution is 2.16. The first-order valence-corrected chi connectivity index (χ1v) is 6.13. The summed E-state index contributed by atoms with van der Waals surface area (Å²) >= 11 is 1.49. The number of aliphatic carboxylic acids is 1. The van der Waals surface area contributed by atoms with E-state index < -0.39 is 24.0 Å². The normalized spacial score (nSPS) is 19.6. The maximum atomic E-state index is 11.7. The van der Waals surface area contributed by atoms with E-state index in [0.717, 1.165) is 0 Å². The number of nitrogens with one attached hydrogen (secondary N) is 1. The number of urea groups is 1. The molecule has 1 heterocycles. The summed E-state index contributed by atoms with van der Waals surface area (Å²) in [4.78, 5) is 34.7. The van der Waals surface area contributed by atoms with Crippen LogP contribution in [0.1, 0.15) is 0 Å². The Balaban J connectivity index is 2.53. The molecule has 1 unspecified atom stereocenters. The molecule has 17 heavy (non-hydrogen) atoms. The first-order chi connectivity index (χ1) is 8.06. The van der Waals surface area contributed by atoms with Crippen molar-refractivity contribution in [3.8, 4) is 0 Å². The highest BCUT2D eigenvalue weighted by Gasteiger charge is 2.32. The van der Waals surface area contributed by atoms with Gasteiger partial charge in [0, 0.05) is 18.1 Å². The van der Waals surface area contributed by atoms with Gasteiger partial charge in [-0.3, -0.25) is 4.79 Å². The van der Waals surface area contributed by atoms with Crippen LogP contribution in [0.5, 0.6) is 0 Å². The third-order valence-electron chi connectivity index (χ3n) is 2.29. The minimum atomic E-state index is -1.04. The third kappa shape index (κ3) is 3.81. The lowest BCUT2D eigenvalue weighted by Gasteiger charge is -2.32. The van der Waals surface area contributed by atoms with Crippen molar-refractivity contribution in [3.05, 3.63) is 0 Å². The number of hydrogen-bond donors (Lipinski definition) is 2. The zero-order chi connectivity index (χ0) is 12.8. The van der Waals surface area contributed by atoms with E-state index in [-0.39, 0.29) is 6.54 Å². The predicted octanol–water partition coefficient (Wildman–Crippen LogP) is -0.629. The van der Waals surface area contributed by atoms with E-state index >= 15 is 0 Å². The van der Waals surface area contributed by atoms with E-state index in [1.165, 1.54) is 23.8 Å². The number of carbonyl (C=O) groups excluding carboxylic acids is 2. The second-order valence-corrected chi connectivity index (χ2v) is 4.51. The Morgan fingerprint density at radius 1 is 1.53 bits per heavy atom. The van der Waals surface area contributed by atoms with Crippen molar-refractivity contribution < 1.29 is 24.2 Å². The third-order valence-corrected chi connectivity index (χ3v) is 3.31. The van der Waals surface area contributed by atoms with Crippen LogP contribution in [0.3, 0.4) is 0 Å². The highest BCUT2D eigenvalue weighted by atomic mass is 32.2. The molecule has 0 aliphatic carbocycles. The molecule has 0 spiro atoms. The van der Waals surface area contributed by atoms with Gasteiger partial charge in [0.05, 0.1) is 7.11 Å². The van der Waals surface area contributed by atoms with Crippen molar-refractivity contribution in [2.75, 3.05) is 31.7 Å². The highest BCUT2D eigenvalue weighted by molar-refractivity contribution is 7.99. The molecule has 2 amide bonds. The summed E-state index contributed by atoms with van der Waals surface area (Å²) < 4.78 is 4.37. The molecule has 1 atom stereocenters. The maximum absolute atomic E-state index is 11.7. The van der Waals surface area contributed by atoms with Gasteiger partial charge < -0.3 is 20.1 Å². The molecule has 2 N–H and O–H groups in total. The van der Waals surface area contributed by atoms with Crippen molar-refractivity contribution in [1.29, 1.82) is 0 Å². The molecule has 0 bridgehead atoms. The van der Waals surface area contributed by atoms with E-state index in [4.69, 9.17) is 5.11 Å². The summed E-state index contributed by atoms with van der Waals surface area (Å²) in [5, 5.41) is 11.3. The second kappa shape index (κ2) is 6.33. The Hall–Kier alpha value is -1.44. The molecule has 7 nitrogen and oxygen atoms in total. The molecule has 8 heteroatoms. The SMILES string of the molecule is COC(=O)CNC(=O)N1CCSCC1C(=O)O. The van der Waals surface area contributed by atoms with Crippen LogP contribution in [0, 0.1) is 0 Å². The van der Waals surface area contributed by atoms with Gasteiger partial charge in [0.25, 0.3) is 0 Å². The van der Waals surface area contributed by atoms with Crippen molar-refractivity contribution in [2.24, 2.45) is 0 Å². The molecule has 0 radical (unpaired) electrons. The van der Waals surface area contributed by atoms with Crippen LogP contribution >= 0.6 is 11.8 Å². The Kier molecular flexibility index (Phi) is 5.08. The molecular formula is C9H14N2O5S. The fourth-order valence-corrected chi connectivity index (χ4v) is 2.41. The Morgan fingerprint density at radius 2 is 2.24 bits per heavy atom. The van der Waals surface area contributed by atoms with Gasteiger partial charge in [-0.2, -0.15) is 11.8 Å². The summed E-state index contributed by atoms with van der Waals surface area (Å²) in [6, 6.07) is -1.39. The van der Waals surface area contributed by atoms with Gasteiger partial charge in [0.15, 0.2) is 0 Å². The predicted molar refractivity (Wildman–Crippen MR) is 60.9 cm³/mol. The molecular weight excluding hydrogens is 248 g/mol. The number of carboxylic acid groups (broad SMARTS) is 1. The first kappa shape index (κ1) is 13.6. The molecule has 0 aromatic rings. The Morgan fingerprint density at radius 3 is 2.82 bits per heavy atom. The molecule has 1 saturated heterocycles. The number of carbonyl (C=O) groups is 3. The van der Waals surface area contributed by atoms with Gasteiger partial charge in [0.1, 0.15) is 12.6 Å². The number of ether oxygens (including phenoxy) is 1. The largest absolute Gasteiger partial charge is 0.480 e.